The first-order chi connectivity index (χ1) is 12.1. The standard InChI is InChI=1S/C20H24ClNO3/c1-3-24-18-10-6-16(7-11-18)5-4-14-22-20(23)15(2)25-19-12-8-17(21)9-13-19/h6-13,15H,3-5,14H2,1-2H3,(H,22,23). The second-order valence-electron chi connectivity index (χ2n) is 5.69. The Labute approximate surface area is 154 Å². The lowest BCUT2D eigenvalue weighted by Gasteiger charge is -2.14. The number of halogens is 1. The number of rotatable bonds is 9. The van der Waals surface area contributed by atoms with Gasteiger partial charge < -0.3 is 14.8 Å². The molecule has 0 bridgehead atoms. The van der Waals surface area contributed by atoms with Gasteiger partial charge >= 0.3 is 0 Å². The Morgan fingerprint density at radius 1 is 1.08 bits per heavy atom. The quantitative estimate of drug-likeness (QED) is 0.679. The molecule has 0 saturated heterocycles. The number of hydrogen-bond donors (Lipinski definition) is 1. The Balaban J connectivity index is 1.68. The minimum atomic E-state index is -0.549. The third-order valence-electron chi connectivity index (χ3n) is 3.67. The fourth-order valence-corrected chi connectivity index (χ4v) is 2.46. The topological polar surface area (TPSA) is 47.6 Å². The number of hydrogen-bond acceptors (Lipinski definition) is 3. The van der Waals surface area contributed by atoms with Crippen molar-refractivity contribution in [1.82, 2.24) is 5.32 Å². The number of amides is 1. The largest absolute Gasteiger partial charge is 0.494 e. The first kappa shape index (κ1) is 19.1. The Morgan fingerprint density at radius 3 is 2.36 bits per heavy atom. The molecule has 0 aliphatic rings. The van der Waals surface area contributed by atoms with Crippen molar-refractivity contribution in [2.45, 2.75) is 32.8 Å². The molecule has 4 nitrogen and oxygen atoms in total. The summed E-state index contributed by atoms with van der Waals surface area (Å²) < 4.78 is 11.0. The van der Waals surface area contributed by atoms with Crippen LogP contribution in [0.5, 0.6) is 11.5 Å². The highest BCUT2D eigenvalue weighted by atomic mass is 35.5. The van der Waals surface area contributed by atoms with E-state index in [1.165, 1.54) is 5.56 Å². The van der Waals surface area contributed by atoms with Crippen molar-refractivity contribution in [2.75, 3.05) is 13.2 Å². The van der Waals surface area contributed by atoms with Crippen LogP contribution in [-0.2, 0) is 11.2 Å². The molecule has 2 rings (SSSR count). The SMILES string of the molecule is CCOc1ccc(CCCNC(=O)C(C)Oc2ccc(Cl)cc2)cc1. The lowest BCUT2D eigenvalue weighted by molar-refractivity contribution is -0.127. The first-order valence-electron chi connectivity index (χ1n) is 8.50. The highest BCUT2D eigenvalue weighted by Crippen LogP contribution is 2.17. The summed E-state index contributed by atoms with van der Waals surface area (Å²) in [6.07, 6.45) is 1.22. The molecule has 0 spiro atoms. The lowest BCUT2D eigenvalue weighted by Crippen LogP contribution is -2.36. The van der Waals surface area contributed by atoms with E-state index in [9.17, 15) is 4.79 Å². The second-order valence-corrected chi connectivity index (χ2v) is 6.12. The minimum absolute atomic E-state index is 0.123. The summed E-state index contributed by atoms with van der Waals surface area (Å²) in [5, 5.41) is 3.54. The number of carbonyl (C=O) groups excluding carboxylic acids is 1. The third-order valence-corrected chi connectivity index (χ3v) is 3.92. The number of aryl methyl sites for hydroxylation is 1. The third kappa shape index (κ3) is 6.67. The Morgan fingerprint density at radius 2 is 1.72 bits per heavy atom. The van der Waals surface area contributed by atoms with Gasteiger partial charge in [-0.15, -0.1) is 0 Å². The minimum Gasteiger partial charge on any atom is -0.494 e. The van der Waals surface area contributed by atoms with Crippen LogP contribution in [0.4, 0.5) is 0 Å². The molecule has 0 fully saturated rings. The van der Waals surface area contributed by atoms with Gasteiger partial charge in [-0.3, -0.25) is 4.79 Å². The van der Waals surface area contributed by atoms with E-state index in [0.717, 1.165) is 18.6 Å². The summed E-state index contributed by atoms with van der Waals surface area (Å²) in [7, 11) is 0. The predicted octanol–water partition coefficient (Wildman–Crippen LogP) is 4.26. The van der Waals surface area contributed by atoms with E-state index >= 15 is 0 Å². The molecule has 0 aliphatic carbocycles. The van der Waals surface area contributed by atoms with Crippen molar-refractivity contribution in [3.05, 3.63) is 59.1 Å². The summed E-state index contributed by atoms with van der Waals surface area (Å²) >= 11 is 5.83. The number of carbonyl (C=O) groups is 1. The molecule has 0 saturated carbocycles. The second kappa shape index (κ2) is 9.94. The lowest BCUT2D eigenvalue weighted by atomic mass is 10.1. The van der Waals surface area contributed by atoms with E-state index in [4.69, 9.17) is 21.1 Å². The molecule has 2 aromatic rings. The number of benzene rings is 2. The van der Waals surface area contributed by atoms with Gasteiger partial charge in [0.1, 0.15) is 11.5 Å². The van der Waals surface area contributed by atoms with Crippen LogP contribution in [0, 0.1) is 0 Å². The molecular formula is C20H24ClNO3. The van der Waals surface area contributed by atoms with Gasteiger partial charge in [0.25, 0.3) is 5.91 Å². The molecule has 25 heavy (non-hydrogen) atoms. The van der Waals surface area contributed by atoms with E-state index in [1.807, 2.05) is 19.1 Å². The van der Waals surface area contributed by atoms with Crippen molar-refractivity contribution in [1.29, 1.82) is 0 Å². The Bertz CT molecular complexity index is 656. The van der Waals surface area contributed by atoms with Gasteiger partial charge in [-0.05, 0) is 68.7 Å². The molecular weight excluding hydrogens is 338 g/mol. The van der Waals surface area contributed by atoms with E-state index < -0.39 is 6.10 Å². The molecule has 0 radical (unpaired) electrons. The van der Waals surface area contributed by atoms with E-state index in [0.29, 0.717) is 23.9 Å². The monoisotopic (exact) mass is 361 g/mol. The summed E-state index contributed by atoms with van der Waals surface area (Å²) in [5.41, 5.74) is 1.23. The van der Waals surface area contributed by atoms with Crippen molar-refractivity contribution in [3.63, 3.8) is 0 Å². The number of ether oxygens (including phenoxy) is 2. The van der Waals surface area contributed by atoms with Gasteiger partial charge in [-0.1, -0.05) is 23.7 Å². The maximum absolute atomic E-state index is 12.1. The van der Waals surface area contributed by atoms with Gasteiger partial charge in [0.15, 0.2) is 6.10 Å². The highest BCUT2D eigenvalue weighted by Gasteiger charge is 2.13. The number of nitrogens with one attached hydrogen (secondary N) is 1. The Hall–Kier alpha value is -2.20. The van der Waals surface area contributed by atoms with Crippen LogP contribution in [0.15, 0.2) is 48.5 Å². The van der Waals surface area contributed by atoms with Gasteiger partial charge in [0.05, 0.1) is 6.61 Å². The molecule has 1 atom stereocenters. The van der Waals surface area contributed by atoms with Gasteiger partial charge in [-0.25, -0.2) is 0 Å². The molecule has 0 aliphatic heterocycles. The van der Waals surface area contributed by atoms with Crippen LogP contribution in [0.1, 0.15) is 25.8 Å². The fraction of sp³-hybridized carbons (Fsp3) is 0.350. The molecule has 1 unspecified atom stereocenters. The van der Waals surface area contributed by atoms with Crippen LogP contribution in [-0.4, -0.2) is 25.2 Å². The van der Waals surface area contributed by atoms with Crippen LogP contribution in [0.2, 0.25) is 5.02 Å². The van der Waals surface area contributed by atoms with E-state index in [-0.39, 0.29) is 5.91 Å². The van der Waals surface area contributed by atoms with Gasteiger partial charge in [0.2, 0.25) is 0 Å². The van der Waals surface area contributed by atoms with E-state index in [1.54, 1.807) is 31.2 Å². The normalized spacial score (nSPS) is 11.6. The van der Waals surface area contributed by atoms with Crippen molar-refractivity contribution in [2.24, 2.45) is 0 Å². The Kier molecular flexibility index (Phi) is 7.61. The molecule has 1 amide bonds. The zero-order valence-electron chi connectivity index (χ0n) is 14.6. The highest BCUT2D eigenvalue weighted by molar-refractivity contribution is 6.30. The maximum Gasteiger partial charge on any atom is 0.260 e. The summed E-state index contributed by atoms with van der Waals surface area (Å²) in [4.78, 5) is 12.1. The fourth-order valence-electron chi connectivity index (χ4n) is 2.34. The van der Waals surface area contributed by atoms with Crippen LogP contribution < -0.4 is 14.8 Å². The molecule has 1 N–H and O–H groups in total. The zero-order chi connectivity index (χ0) is 18.1. The zero-order valence-corrected chi connectivity index (χ0v) is 15.4. The molecule has 5 heteroatoms. The predicted molar refractivity (Wildman–Crippen MR) is 100 cm³/mol. The summed E-state index contributed by atoms with van der Waals surface area (Å²) in [5.74, 6) is 1.39. The van der Waals surface area contributed by atoms with E-state index in [2.05, 4.69) is 17.4 Å². The maximum atomic E-state index is 12.1. The average Bonchev–Trinajstić information content (AvgIpc) is 2.62. The molecule has 134 valence electrons. The van der Waals surface area contributed by atoms with Crippen LogP contribution in [0.3, 0.4) is 0 Å². The first-order valence-corrected chi connectivity index (χ1v) is 8.88. The van der Waals surface area contributed by atoms with Crippen molar-refractivity contribution < 1.29 is 14.3 Å². The molecule has 0 aromatic heterocycles. The summed E-state index contributed by atoms with van der Waals surface area (Å²) in [6, 6.07) is 15.0. The van der Waals surface area contributed by atoms with Gasteiger partial charge in [0, 0.05) is 11.6 Å². The van der Waals surface area contributed by atoms with Gasteiger partial charge in [-0.2, -0.15) is 0 Å². The average molecular weight is 362 g/mol. The van der Waals surface area contributed by atoms with Crippen molar-refractivity contribution >= 4 is 17.5 Å². The summed E-state index contributed by atoms with van der Waals surface area (Å²) in [6.45, 7) is 4.98. The van der Waals surface area contributed by atoms with Crippen molar-refractivity contribution in [3.8, 4) is 11.5 Å². The van der Waals surface area contributed by atoms with Crippen LogP contribution in [0.25, 0.3) is 0 Å². The molecule has 2 aromatic carbocycles. The van der Waals surface area contributed by atoms with Crippen LogP contribution >= 0.6 is 11.6 Å². The molecule has 0 heterocycles. The smallest absolute Gasteiger partial charge is 0.260 e.